The minimum Gasteiger partial charge on any atom is -0.490 e. The number of quaternary nitrogens is 1. The number of aliphatic hydroxyl groups excluding tert-OH is 1. The predicted molar refractivity (Wildman–Crippen MR) is 76.6 cm³/mol. The molecule has 19 heavy (non-hydrogen) atoms. The van der Waals surface area contributed by atoms with Crippen LogP contribution in [0, 0.1) is 12.8 Å². The molecule has 3 nitrogen and oxygen atoms in total. The predicted octanol–water partition coefficient (Wildman–Crippen LogP) is 1.05. The molecule has 0 aliphatic carbocycles. The molecule has 1 aromatic carbocycles. The van der Waals surface area contributed by atoms with E-state index in [0.717, 1.165) is 23.8 Å². The van der Waals surface area contributed by atoms with Crippen molar-refractivity contribution in [3.63, 3.8) is 0 Å². The fraction of sp³-hybridized carbons (Fsp3) is 0.625. The lowest BCUT2D eigenvalue weighted by molar-refractivity contribution is -0.911. The lowest BCUT2D eigenvalue weighted by Gasteiger charge is -2.29. The van der Waals surface area contributed by atoms with Gasteiger partial charge in [0.25, 0.3) is 0 Å². The third kappa shape index (κ3) is 4.51. The van der Waals surface area contributed by atoms with Gasteiger partial charge in [-0.3, -0.25) is 0 Å². The van der Waals surface area contributed by atoms with E-state index in [1.54, 1.807) is 0 Å². The van der Waals surface area contributed by atoms with Gasteiger partial charge in [0.15, 0.2) is 0 Å². The van der Waals surface area contributed by atoms with Crippen molar-refractivity contribution in [2.75, 3.05) is 26.2 Å². The molecule has 1 aromatic rings. The number of hydrogen-bond acceptors (Lipinski definition) is 2. The highest BCUT2D eigenvalue weighted by Crippen LogP contribution is 2.16. The van der Waals surface area contributed by atoms with Gasteiger partial charge in [-0.25, -0.2) is 0 Å². The van der Waals surface area contributed by atoms with Gasteiger partial charge >= 0.3 is 0 Å². The molecular weight excluding hydrogens is 238 g/mol. The Labute approximate surface area is 116 Å². The first-order valence-corrected chi connectivity index (χ1v) is 7.35. The minimum atomic E-state index is -0.375. The van der Waals surface area contributed by atoms with Crippen LogP contribution in [-0.4, -0.2) is 37.5 Å². The van der Waals surface area contributed by atoms with Crippen LogP contribution in [0.4, 0.5) is 0 Å². The number of piperidine rings is 1. The Balaban J connectivity index is 1.75. The average Bonchev–Trinajstić information content (AvgIpc) is 2.38. The van der Waals surface area contributed by atoms with Crippen LogP contribution < -0.4 is 9.64 Å². The van der Waals surface area contributed by atoms with E-state index in [4.69, 9.17) is 4.74 Å². The minimum absolute atomic E-state index is 0.375. The topological polar surface area (TPSA) is 33.9 Å². The monoisotopic (exact) mass is 264 g/mol. The normalized spacial score (nSPS) is 25.0. The molecule has 0 radical (unpaired) electrons. The second kappa shape index (κ2) is 6.92. The number of benzene rings is 1. The fourth-order valence-corrected chi connectivity index (χ4v) is 2.88. The highest BCUT2D eigenvalue weighted by Gasteiger charge is 2.22. The van der Waals surface area contributed by atoms with Gasteiger partial charge in [0, 0.05) is 5.92 Å². The Morgan fingerprint density at radius 3 is 2.95 bits per heavy atom. The number of rotatable bonds is 5. The largest absolute Gasteiger partial charge is 0.490 e. The highest BCUT2D eigenvalue weighted by molar-refractivity contribution is 5.31. The number of para-hydroxylation sites is 1. The summed E-state index contributed by atoms with van der Waals surface area (Å²) in [6, 6.07) is 7.95. The smallest absolute Gasteiger partial charge is 0.137 e. The SMILES string of the molecule is Cc1ccccc1OC[C@H](O)C[NH+]1CCC[C@H](C)C1. The van der Waals surface area contributed by atoms with Crippen LogP contribution in [0.3, 0.4) is 0 Å². The Morgan fingerprint density at radius 1 is 1.42 bits per heavy atom. The molecule has 0 amide bonds. The van der Waals surface area contributed by atoms with Crippen molar-refractivity contribution in [1.82, 2.24) is 0 Å². The van der Waals surface area contributed by atoms with Gasteiger partial charge < -0.3 is 14.7 Å². The molecule has 0 bridgehead atoms. The van der Waals surface area contributed by atoms with Gasteiger partial charge in [-0.2, -0.15) is 0 Å². The number of ether oxygens (including phenoxy) is 1. The summed E-state index contributed by atoms with van der Waals surface area (Å²) in [4.78, 5) is 1.51. The van der Waals surface area contributed by atoms with Gasteiger partial charge in [-0.15, -0.1) is 0 Å². The van der Waals surface area contributed by atoms with Crippen molar-refractivity contribution in [1.29, 1.82) is 0 Å². The molecule has 0 aromatic heterocycles. The van der Waals surface area contributed by atoms with Crippen molar-refractivity contribution < 1.29 is 14.7 Å². The zero-order valence-corrected chi connectivity index (χ0v) is 12.1. The molecule has 1 fully saturated rings. The third-order valence-corrected chi connectivity index (χ3v) is 3.91. The number of nitrogens with one attached hydrogen (secondary N) is 1. The first-order chi connectivity index (χ1) is 9.15. The first-order valence-electron chi connectivity index (χ1n) is 7.35. The number of aryl methyl sites for hydroxylation is 1. The van der Waals surface area contributed by atoms with Crippen molar-refractivity contribution in [3.8, 4) is 5.75 Å². The lowest BCUT2D eigenvalue weighted by atomic mass is 10.0. The zero-order valence-electron chi connectivity index (χ0n) is 12.1. The summed E-state index contributed by atoms with van der Waals surface area (Å²) in [7, 11) is 0. The van der Waals surface area contributed by atoms with Gasteiger partial charge in [0.2, 0.25) is 0 Å². The van der Waals surface area contributed by atoms with Gasteiger partial charge in [0.05, 0.1) is 13.1 Å². The molecule has 1 heterocycles. The molecule has 1 unspecified atom stereocenters. The molecular formula is C16H26NO2+. The van der Waals surface area contributed by atoms with Crippen LogP contribution in [0.5, 0.6) is 5.75 Å². The van der Waals surface area contributed by atoms with E-state index in [0.29, 0.717) is 6.61 Å². The fourth-order valence-electron chi connectivity index (χ4n) is 2.88. The molecule has 0 spiro atoms. The van der Waals surface area contributed by atoms with Gasteiger partial charge in [-0.1, -0.05) is 25.1 Å². The van der Waals surface area contributed by atoms with Crippen LogP contribution in [-0.2, 0) is 0 Å². The molecule has 3 atom stereocenters. The summed E-state index contributed by atoms with van der Waals surface area (Å²) >= 11 is 0. The molecule has 2 rings (SSSR count). The molecule has 106 valence electrons. The van der Waals surface area contributed by atoms with E-state index in [2.05, 4.69) is 6.92 Å². The van der Waals surface area contributed by atoms with Crippen LogP contribution in [0.25, 0.3) is 0 Å². The van der Waals surface area contributed by atoms with E-state index in [-0.39, 0.29) is 6.10 Å². The molecule has 1 saturated heterocycles. The summed E-state index contributed by atoms with van der Waals surface area (Å²) in [6.45, 7) is 7.89. The second-order valence-corrected chi connectivity index (χ2v) is 5.89. The first kappa shape index (κ1) is 14.4. The van der Waals surface area contributed by atoms with Crippen molar-refractivity contribution in [2.45, 2.75) is 32.8 Å². The number of aliphatic hydroxyl groups is 1. The van der Waals surface area contributed by atoms with Gasteiger partial charge in [-0.05, 0) is 31.4 Å². The van der Waals surface area contributed by atoms with E-state index >= 15 is 0 Å². The quantitative estimate of drug-likeness (QED) is 0.833. The van der Waals surface area contributed by atoms with Crippen molar-refractivity contribution >= 4 is 0 Å². The maximum Gasteiger partial charge on any atom is 0.137 e. The summed E-state index contributed by atoms with van der Waals surface area (Å²) < 4.78 is 5.70. The van der Waals surface area contributed by atoms with Crippen LogP contribution in [0.1, 0.15) is 25.3 Å². The maximum atomic E-state index is 10.1. The number of likely N-dealkylation sites (tertiary alicyclic amines) is 1. The highest BCUT2D eigenvalue weighted by atomic mass is 16.5. The molecule has 1 aliphatic heterocycles. The Morgan fingerprint density at radius 2 is 2.21 bits per heavy atom. The summed E-state index contributed by atoms with van der Waals surface area (Å²) in [5, 5.41) is 10.1. The third-order valence-electron chi connectivity index (χ3n) is 3.91. The Kier molecular flexibility index (Phi) is 5.23. The molecule has 3 heteroatoms. The summed E-state index contributed by atoms with van der Waals surface area (Å²) in [5.41, 5.74) is 1.12. The average molecular weight is 264 g/mol. The Hall–Kier alpha value is -1.06. The standard InChI is InChI=1S/C16H25NO2/c1-13-6-5-9-17(10-13)11-15(18)12-19-16-8-4-3-7-14(16)2/h3-4,7-8,13,15,18H,5-6,9-12H2,1-2H3/p+1/t13-,15+/m0/s1. The molecule has 2 N–H and O–H groups in total. The zero-order chi connectivity index (χ0) is 13.7. The number of hydrogen-bond donors (Lipinski definition) is 2. The summed E-state index contributed by atoms with van der Waals surface area (Å²) in [5.74, 6) is 1.66. The van der Waals surface area contributed by atoms with Crippen LogP contribution in [0.2, 0.25) is 0 Å². The van der Waals surface area contributed by atoms with Crippen LogP contribution in [0.15, 0.2) is 24.3 Å². The molecule has 0 saturated carbocycles. The van der Waals surface area contributed by atoms with Crippen molar-refractivity contribution in [3.05, 3.63) is 29.8 Å². The lowest BCUT2D eigenvalue weighted by Crippen LogP contribution is -3.14. The molecule has 1 aliphatic rings. The van der Waals surface area contributed by atoms with Crippen LogP contribution >= 0.6 is 0 Å². The van der Waals surface area contributed by atoms with Crippen molar-refractivity contribution in [2.24, 2.45) is 5.92 Å². The van der Waals surface area contributed by atoms with E-state index in [9.17, 15) is 5.11 Å². The Bertz CT molecular complexity index is 394. The van der Waals surface area contributed by atoms with E-state index < -0.39 is 0 Å². The second-order valence-electron chi connectivity index (χ2n) is 5.89. The van der Waals surface area contributed by atoms with Gasteiger partial charge in [0.1, 0.15) is 25.0 Å². The summed E-state index contributed by atoms with van der Waals surface area (Å²) in [6.07, 6.45) is 2.24. The maximum absolute atomic E-state index is 10.1. The van der Waals surface area contributed by atoms with E-state index in [1.807, 2.05) is 31.2 Å². The van der Waals surface area contributed by atoms with E-state index in [1.165, 1.54) is 30.8 Å².